The molecule has 158 valence electrons. The predicted octanol–water partition coefficient (Wildman–Crippen LogP) is 6.22. The van der Waals surface area contributed by atoms with E-state index in [2.05, 4.69) is 58.9 Å². The van der Waals surface area contributed by atoms with Crippen molar-refractivity contribution in [3.8, 4) is 0 Å². The molecule has 1 aliphatic heterocycles. The van der Waals surface area contributed by atoms with Gasteiger partial charge in [-0.3, -0.25) is 9.37 Å². The number of hydrogen-bond acceptors (Lipinski definition) is 4. The molecule has 4 nitrogen and oxygen atoms in total. The number of cyclic esters (lactones) is 1. The molecule has 1 aromatic carbocycles. The van der Waals surface area contributed by atoms with E-state index in [0.717, 1.165) is 36.5 Å². The van der Waals surface area contributed by atoms with Gasteiger partial charge < -0.3 is 4.74 Å². The summed E-state index contributed by atoms with van der Waals surface area (Å²) in [5, 5.41) is 0. The number of hydrogen-bond donors (Lipinski definition) is 0. The highest BCUT2D eigenvalue weighted by Crippen LogP contribution is 2.41. The van der Waals surface area contributed by atoms with E-state index in [1.165, 1.54) is 5.56 Å². The van der Waals surface area contributed by atoms with E-state index in [4.69, 9.17) is 14.2 Å². The van der Waals surface area contributed by atoms with Crippen LogP contribution in [0.5, 0.6) is 0 Å². The number of benzene rings is 1. The largest absolute Gasteiger partial charge is 0.465 e. The summed E-state index contributed by atoms with van der Waals surface area (Å²) in [4.78, 5) is 18.6. The normalized spacial score (nSPS) is 21.2. The van der Waals surface area contributed by atoms with Crippen LogP contribution in [0.3, 0.4) is 0 Å². The van der Waals surface area contributed by atoms with Crippen molar-refractivity contribution in [1.29, 1.82) is 0 Å². The van der Waals surface area contributed by atoms with Gasteiger partial charge in [0.1, 0.15) is 6.10 Å². The summed E-state index contributed by atoms with van der Waals surface area (Å²) < 4.78 is 11.5. The van der Waals surface area contributed by atoms with Gasteiger partial charge >= 0.3 is 5.97 Å². The fraction of sp³-hybridized carbons (Fsp3) is 0.696. The lowest BCUT2D eigenvalue weighted by Gasteiger charge is -2.32. The topological polar surface area (TPSA) is 44.8 Å². The lowest BCUT2D eigenvalue weighted by Crippen LogP contribution is -2.37. The van der Waals surface area contributed by atoms with E-state index in [0.29, 0.717) is 18.9 Å². The average molecular weight is 407 g/mol. The van der Waals surface area contributed by atoms with Gasteiger partial charge in [0.2, 0.25) is 8.32 Å². The quantitative estimate of drug-likeness (QED) is 0.189. The molecule has 1 fully saturated rings. The standard InChI is InChI=1S/C23H38O4Si/c1-7-28(8-2,9-3)27-26-21(17-23(6)14-15-25-22(23)24)20-13-11-10-12-19(20)16-18(4)5/h10-13,18,21H,7-9,14-17H2,1-6H3. The van der Waals surface area contributed by atoms with Crippen molar-refractivity contribution >= 4 is 14.3 Å². The SMILES string of the molecule is CC[Si](CC)(CC)OOC(CC1(C)CCOC1=O)c1ccccc1CC(C)C. The zero-order valence-corrected chi connectivity index (χ0v) is 19.5. The second-order valence-corrected chi connectivity index (χ2v) is 13.5. The minimum Gasteiger partial charge on any atom is -0.465 e. The van der Waals surface area contributed by atoms with Gasteiger partial charge in [-0.1, -0.05) is 58.9 Å². The van der Waals surface area contributed by atoms with Crippen molar-refractivity contribution in [2.45, 2.75) is 85.0 Å². The Morgan fingerprint density at radius 2 is 1.79 bits per heavy atom. The van der Waals surface area contributed by atoms with Crippen LogP contribution >= 0.6 is 0 Å². The fourth-order valence-corrected chi connectivity index (χ4v) is 6.17. The van der Waals surface area contributed by atoms with E-state index < -0.39 is 13.7 Å². The minimum absolute atomic E-state index is 0.118. The molecule has 0 amide bonds. The minimum atomic E-state index is -1.90. The van der Waals surface area contributed by atoms with E-state index in [1.54, 1.807) is 0 Å². The van der Waals surface area contributed by atoms with Gasteiger partial charge in [-0.25, -0.2) is 4.89 Å². The molecule has 28 heavy (non-hydrogen) atoms. The molecular formula is C23H38O4Si. The second-order valence-electron chi connectivity index (χ2n) is 8.86. The van der Waals surface area contributed by atoms with Crippen LogP contribution in [0.15, 0.2) is 24.3 Å². The van der Waals surface area contributed by atoms with Gasteiger partial charge in [0.25, 0.3) is 0 Å². The van der Waals surface area contributed by atoms with E-state index in [-0.39, 0.29) is 12.1 Å². The first kappa shape index (κ1) is 23.1. The molecule has 2 atom stereocenters. The van der Waals surface area contributed by atoms with E-state index in [1.807, 2.05) is 6.92 Å². The van der Waals surface area contributed by atoms with Gasteiger partial charge in [0.15, 0.2) is 0 Å². The zero-order valence-electron chi connectivity index (χ0n) is 18.5. The Balaban J connectivity index is 2.33. The Morgan fingerprint density at radius 3 is 2.32 bits per heavy atom. The van der Waals surface area contributed by atoms with Crippen molar-refractivity contribution in [3.63, 3.8) is 0 Å². The highest BCUT2D eigenvalue weighted by atomic mass is 28.4. The van der Waals surface area contributed by atoms with Crippen molar-refractivity contribution in [2.75, 3.05) is 6.61 Å². The van der Waals surface area contributed by atoms with E-state index in [9.17, 15) is 4.79 Å². The molecule has 2 rings (SSSR count). The molecule has 1 saturated heterocycles. The summed E-state index contributed by atoms with van der Waals surface area (Å²) in [5.41, 5.74) is 1.90. The number of carbonyl (C=O) groups excluding carboxylic acids is 1. The smallest absolute Gasteiger partial charge is 0.312 e. The summed E-state index contributed by atoms with van der Waals surface area (Å²) in [6, 6.07) is 11.5. The third-order valence-electron chi connectivity index (χ3n) is 6.32. The number of carbonyl (C=O) groups is 1. The van der Waals surface area contributed by atoms with Crippen LogP contribution in [0.2, 0.25) is 18.1 Å². The maximum Gasteiger partial charge on any atom is 0.312 e. The Labute approximate surface area is 172 Å². The van der Waals surface area contributed by atoms with Gasteiger partial charge in [0, 0.05) is 0 Å². The maximum atomic E-state index is 12.4. The van der Waals surface area contributed by atoms with Crippen LogP contribution < -0.4 is 0 Å². The number of esters is 1. The second kappa shape index (κ2) is 10.0. The monoisotopic (exact) mass is 406 g/mol. The summed E-state index contributed by atoms with van der Waals surface area (Å²) in [7, 11) is -1.90. The Morgan fingerprint density at radius 1 is 1.14 bits per heavy atom. The molecule has 1 aliphatic rings. The molecule has 1 heterocycles. The lowest BCUT2D eigenvalue weighted by molar-refractivity contribution is -0.266. The van der Waals surface area contributed by atoms with Crippen molar-refractivity contribution in [2.24, 2.45) is 11.3 Å². The molecule has 0 aliphatic carbocycles. The van der Waals surface area contributed by atoms with Crippen LogP contribution in [0.1, 0.15) is 71.6 Å². The van der Waals surface area contributed by atoms with Gasteiger partial charge in [0.05, 0.1) is 12.0 Å². The van der Waals surface area contributed by atoms with Crippen molar-refractivity contribution in [3.05, 3.63) is 35.4 Å². The molecule has 1 aromatic rings. The number of ether oxygens (including phenoxy) is 1. The molecule has 0 radical (unpaired) electrons. The molecule has 5 heteroatoms. The lowest BCUT2D eigenvalue weighted by atomic mass is 9.80. The predicted molar refractivity (Wildman–Crippen MR) is 115 cm³/mol. The van der Waals surface area contributed by atoms with Gasteiger partial charge in [-0.15, -0.1) is 0 Å². The van der Waals surface area contributed by atoms with Crippen LogP contribution in [0.4, 0.5) is 0 Å². The first-order chi connectivity index (χ1) is 13.3. The maximum absolute atomic E-state index is 12.4. The molecular weight excluding hydrogens is 368 g/mol. The van der Waals surface area contributed by atoms with Crippen molar-refractivity contribution in [1.82, 2.24) is 0 Å². The zero-order chi connectivity index (χ0) is 20.8. The summed E-state index contributed by atoms with van der Waals surface area (Å²) >= 11 is 0. The first-order valence-corrected chi connectivity index (χ1v) is 13.4. The molecule has 2 unspecified atom stereocenters. The first-order valence-electron chi connectivity index (χ1n) is 10.9. The van der Waals surface area contributed by atoms with E-state index >= 15 is 0 Å². The average Bonchev–Trinajstić information content (AvgIpc) is 3.01. The third-order valence-corrected chi connectivity index (χ3v) is 10.6. The molecule has 0 saturated carbocycles. The molecule has 0 spiro atoms. The summed E-state index contributed by atoms with van der Waals surface area (Å²) in [5.74, 6) is 0.428. The van der Waals surface area contributed by atoms with Crippen LogP contribution in [0, 0.1) is 11.3 Å². The number of rotatable bonds is 11. The highest BCUT2D eigenvalue weighted by molar-refractivity contribution is 6.73. The Kier molecular flexibility index (Phi) is 8.28. The van der Waals surface area contributed by atoms with Crippen molar-refractivity contribution < 1.29 is 19.0 Å². The Hall–Kier alpha value is -1.17. The highest BCUT2D eigenvalue weighted by Gasteiger charge is 2.43. The van der Waals surface area contributed by atoms with Crippen LogP contribution in [-0.4, -0.2) is 20.9 Å². The Bertz CT molecular complexity index is 633. The van der Waals surface area contributed by atoms with Crippen LogP contribution in [0.25, 0.3) is 0 Å². The summed E-state index contributed by atoms with van der Waals surface area (Å²) in [6.45, 7) is 13.5. The van der Waals surface area contributed by atoms with Crippen LogP contribution in [-0.2, 0) is 25.4 Å². The van der Waals surface area contributed by atoms with Gasteiger partial charge in [-0.05, 0) is 61.4 Å². The molecule has 0 N–H and O–H groups in total. The third kappa shape index (κ3) is 5.46. The molecule has 0 bridgehead atoms. The fourth-order valence-electron chi connectivity index (χ4n) is 4.00. The summed E-state index contributed by atoms with van der Waals surface area (Å²) in [6.07, 6.45) is 2.04. The molecule has 0 aromatic heterocycles. The van der Waals surface area contributed by atoms with Gasteiger partial charge in [-0.2, -0.15) is 0 Å².